The van der Waals surface area contributed by atoms with Gasteiger partial charge in [0.05, 0.1) is 5.75 Å². The van der Waals surface area contributed by atoms with Crippen molar-refractivity contribution in [3.8, 4) is 0 Å². The number of thioether (sulfide) groups is 1. The van der Waals surface area contributed by atoms with Gasteiger partial charge in [-0.1, -0.05) is 6.07 Å². The van der Waals surface area contributed by atoms with E-state index >= 15 is 0 Å². The van der Waals surface area contributed by atoms with Crippen molar-refractivity contribution in [3.05, 3.63) is 35.4 Å². The van der Waals surface area contributed by atoms with Gasteiger partial charge in [-0.25, -0.2) is 0 Å². The number of nitrogens with one attached hydrogen (secondary N) is 1. The van der Waals surface area contributed by atoms with Gasteiger partial charge in [0.2, 0.25) is 5.91 Å². The van der Waals surface area contributed by atoms with Gasteiger partial charge in [0.1, 0.15) is 0 Å². The van der Waals surface area contributed by atoms with E-state index in [-0.39, 0.29) is 17.2 Å². The molecule has 0 aliphatic heterocycles. The van der Waals surface area contributed by atoms with Crippen molar-refractivity contribution in [1.82, 2.24) is 5.32 Å². The predicted molar refractivity (Wildman–Crippen MR) is 72.3 cm³/mol. The molecule has 0 spiro atoms. The molecule has 0 heterocycles. The lowest BCUT2D eigenvalue weighted by Crippen LogP contribution is -2.26. The Morgan fingerprint density at radius 3 is 2.58 bits per heavy atom. The molecule has 7 heteroatoms. The number of hydrogen-bond acceptors (Lipinski definition) is 4. The Morgan fingerprint density at radius 2 is 1.95 bits per heavy atom. The third-order valence-electron chi connectivity index (χ3n) is 2.17. The Bertz CT molecular complexity index is 490. The lowest BCUT2D eigenvalue weighted by atomic mass is 10.1. The van der Waals surface area contributed by atoms with E-state index in [4.69, 9.17) is 10.8 Å². The standard InChI is InChI=1S/C12H14N2O4S/c13-11(17)8-2-1-3-9(6-8)12(18)14-4-5-19-7-10(15)16/h1-3,6H,4-5,7H2,(H2,13,17)(H,14,18)(H,15,16). The first-order valence-electron chi connectivity index (χ1n) is 5.48. The van der Waals surface area contributed by atoms with Crippen LogP contribution in [0.15, 0.2) is 24.3 Å². The summed E-state index contributed by atoms with van der Waals surface area (Å²) in [6.07, 6.45) is 0. The van der Waals surface area contributed by atoms with Crippen molar-refractivity contribution in [2.24, 2.45) is 5.73 Å². The van der Waals surface area contributed by atoms with Crippen LogP contribution in [0.5, 0.6) is 0 Å². The van der Waals surface area contributed by atoms with Gasteiger partial charge in [0.25, 0.3) is 5.91 Å². The highest BCUT2D eigenvalue weighted by atomic mass is 32.2. The second kappa shape index (κ2) is 7.42. The maximum Gasteiger partial charge on any atom is 0.313 e. The van der Waals surface area contributed by atoms with Crippen LogP contribution < -0.4 is 11.1 Å². The Hall–Kier alpha value is -2.02. The largest absolute Gasteiger partial charge is 0.481 e. The first-order chi connectivity index (χ1) is 9.00. The van der Waals surface area contributed by atoms with Gasteiger partial charge < -0.3 is 16.2 Å². The summed E-state index contributed by atoms with van der Waals surface area (Å²) < 4.78 is 0. The summed E-state index contributed by atoms with van der Waals surface area (Å²) in [5.74, 6) is -1.28. The summed E-state index contributed by atoms with van der Waals surface area (Å²) in [5, 5.41) is 11.1. The molecule has 0 fully saturated rings. The first kappa shape index (κ1) is 15.0. The molecule has 0 saturated carbocycles. The summed E-state index contributed by atoms with van der Waals surface area (Å²) in [6, 6.07) is 6.10. The number of rotatable bonds is 7. The number of aliphatic carboxylic acids is 1. The van der Waals surface area contributed by atoms with Crippen LogP contribution in [0, 0.1) is 0 Å². The molecule has 0 aromatic heterocycles. The Kier molecular flexibility index (Phi) is 5.87. The third kappa shape index (κ3) is 5.43. The predicted octanol–water partition coefficient (Wildman–Crippen LogP) is 0.333. The van der Waals surface area contributed by atoms with Crippen LogP contribution in [0.1, 0.15) is 20.7 Å². The van der Waals surface area contributed by atoms with E-state index in [1.54, 1.807) is 12.1 Å². The van der Waals surface area contributed by atoms with Crippen LogP contribution in [0.4, 0.5) is 0 Å². The minimum Gasteiger partial charge on any atom is -0.481 e. The third-order valence-corrected chi connectivity index (χ3v) is 3.11. The second-order valence-corrected chi connectivity index (χ2v) is 4.75. The number of primary amides is 1. The zero-order valence-electron chi connectivity index (χ0n) is 10.1. The number of hydrogen-bond donors (Lipinski definition) is 3. The molecule has 4 N–H and O–H groups in total. The molecule has 0 aliphatic rings. The average molecular weight is 282 g/mol. The summed E-state index contributed by atoms with van der Waals surface area (Å²) in [5.41, 5.74) is 5.74. The van der Waals surface area contributed by atoms with Gasteiger partial charge in [-0.15, -0.1) is 11.8 Å². The van der Waals surface area contributed by atoms with Gasteiger partial charge in [0, 0.05) is 23.4 Å². The molecule has 0 aliphatic carbocycles. The fourth-order valence-corrected chi connectivity index (χ4v) is 1.88. The van der Waals surface area contributed by atoms with Crippen LogP contribution in [0.2, 0.25) is 0 Å². The monoisotopic (exact) mass is 282 g/mol. The second-order valence-electron chi connectivity index (χ2n) is 3.65. The fourth-order valence-electron chi connectivity index (χ4n) is 1.31. The van der Waals surface area contributed by atoms with Gasteiger partial charge in [-0.3, -0.25) is 14.4 Å². The normalized spacial score (nSPS) is 9.89. The molecule has 0 atom stereocenters. The zero-order valence-corrected chi connectivity index (χ0v) is 10.9. The number of carbonyl (C=O) groups excluding carboxylic acids is 2. The molecule has 1 aromatic carbocycles. The molecule has 0 saturated heterocycles. The van der Waals surface area contributed by atoms with E-state index in [2.05, 4.69) is 5.32 Å². The lowest BCUT2D eigenvalue weighted by Gasteiger charge is -2.05. The van der Waals surface area contributed by atoms with Crippen molar-refractivity contribution >= 4 is 29.5 Å². The smallest absolute Gasteiger partial charge is 0.313 e. The maximum atomic E-state index is 11.7. The molecular weight excluding hydrogens is 268 g/mol. The molecule has 19 heavy (non-hydrogen) atoms. The number of benzene rings is 1. The Balaban J connectivity index is 2.43. The SMILES string of the molecule is NC(=O)c1cccc(C(=O)NCCSCC(=O)O)c1. The molecule has 0 bridgehead atoms. The maximum absolute atomic E-state index is 11.7. The lowest BCUT2D eigenvalue weighted by molar-refractivity contribution is -0.133. The Labute approximate surface area is 114 Å². The summed E-state index contributed by atoms with van der Waals surface area (Å²) in [7, 11) is 0. The summed E-state index contributed by atoms with van der Waals surface area (Å²) in [6.45, 7) is 0.359. The molecule has 2 amide bonds. The van der Waals surface area contributed by atoms with Crippen LogP contribution in [-0.2, 0) is 4.79 Å². The molecule has 0 radical (unpaired) electrons. The topological polar surface area (TPSA) is 109 Å². The van der Waals surface area contributed by atoms with Crippen LogP contribution in [0.3, 0.4) is 0 Å². The Morgan fingerprint density at radius 1 is 1.26 bits per heavy atom. The van der Waals surface area contributed by atoms with E-state index in [0.717, 1.165) is 0 Å². The van der Waals surface area contributed by atoms with Crippen molar-refractivity contribution in [1.29, 1.82) is 0 Å². The molecular formula is C12H14N2O4S. The van der Waals surface area contributed by atoms with Crippen molar-refractivity contribution in [2.75, 3.05) is 18.1 Å². The number of amides is 2. The number of carboxylic acids is 1. The van der Waals surface area contributed by atoms with Crippen molar-refractivity contribution in [2.45, 2.75) is 0 Å². The highest BCUT2D eigenvalue weighted by molar-refractivity contribution is 7.99. The molecule has 6 nitrogen and oxygen atoms in total. The van der Waals surface area contributed by atoms with Gasteiger partial charge in [0.15, 0.2) is 0 Å². The quantitative estimate of drug-likeness (QED) is 0.624. The number of carbonyl (C=O) groups is 3. The van der Waals surface area contributed by atoms with Crippen LogP contribution in [-0.4, -0.2) is 40.9 Å². The minimum absolute atomic E-state index is 0.00698. The van der Waals surface area contributed by atoms with Crippen LogP contribution >= 0.6 is 11.8 Å². The number of nitrogens with two attached hydrogens (primary N) is 1. The highest BCUT2D eigenvalue weighted by Gasteiger charge is 2.07. The summed E-state index contributed by atoms with van der Waals surface area (Å²) >= 11 is 1.22. The molecule has 102 valence electrons. The van der Waals surface area contributed by atoms with Gasteiger partial charge in [-0.2, -0.15) is 0 Å². The number of carboxylic acid groups (broad SMARTS) is 1. The van der Waals surface area contributed by atoms with Gasteiger partial charge in [-0.05, 0) is 18.2 Å². The van der Waals surface area contributed by atoms with Crippen LogP contribution in [0.25, 0.3) is 0 Å². The first-order valence-corrected chi connectivity index (χ1v) is 6.64. The van der Waals surface area contributed by atoms with Crippen molar-refractivity contribution < 1.29 is 19.5 Å². The van der Waals surface area contributed by atoms with E-state index in [9.17, 15) is 14.4 Å². The van der Waals surface area contributed by atoms with E-state index in [1.165, 1.54) is 23.9 Å². The molecule has 1 rings (SSSR count). The van der Waals surface area contributed by atoms with E-state index < -0.39 is 11.9 Å². The molecule has 1 aromatic rings. The minimum atomic E-state index is -0.884. The average Bonchev–Trinajstić information content (AvgIpc) is 2.37. The molecule has 0 unspecified atom stereocenters. The van der Waals surface area contributed by atoms with Crippen molar-refractivity contribution in [3.63, 3.8) is 0 Å². The van der Waals surface area contributed by atoms with E-state index in [0.29, 0.717) is 17.9 Å². The highest BCUT2D eigenvalue weighted by Crippen LogP contribution is 2.05. The fraction of sp³-hybridized carbons (Fsp3) is 0.250. The zero-order chi connectivity index (χ0) is 14.3. The van der Waals surface area contributed by atoms with E-state index in [1.807, 2.05) is 0 Å². The summed E-state index contributed by atoms with van der Waals surface area (Å²) in [4.78, 5) is 33.0. The van der Waals surface area contributed by atoms with Gasteiger partial charge >= 0.3 is 5.97 Å².